The molecule has 0 aliphatic carbocycles. The van der Waals surface area contributed by atoms with E-state index in [1.165, 1.54) is 36.9 Å². The molecule has 67 heavy (non-hydrogen) atoms. The highest BCUT2D eigenvalue weighted by Gasteiger charge is 2.34. The van der Waals surface area contributed by atoms with Crippen LogP contribution in [0.1, 0.15) is 68.8 Å². The number of rotatable bonds is 17. The van der Waals surface area contributed by atoms with Gasteiger partial charge in [0.15, 0.2) is 17.3 Å². The lowest BCUT2D eigenvalue weighted by Gasteiger charge is -2.32. The van der Waals surface area contributed by atoms with Gasteiger partial charge < -0.3 is 38.9 Å². The molecule has 0 bridgehead atoms. The second-order valence-corrected chi connectivity index (χ2v) is 16.9. The molecule has 0 saturated carbocycles. The number of aryl methyl sites for hydroxylation is 1. The van der Waals surface area contributed by atoms with Crippen LogP contribution in [0.2, 0.25) is 0 Å². The topological polar surface area (TPSA) is 227 Å². The predicted octanol–water partition coefficient (Wildman–Crippen LogP) is 8.68. The van der Waals surface area contributed by atoms with E-state index < -0.39 is 15.7 Å². The smallest absolute Gasteiger partial charge is 0.373 e. The van der Waals surface area contributed by atoms with Crippen LogP contribution in [0.25, 0.3) is 0 Å². The number of nitrogens with zero attached hydrogens (tertiary/aromatic N) is 8. The van der Waals surface area contributed by atoms with E-state index in [2.05, 4.69) is 39.1 Å². The number of hydrogen-bond donors (Lipinski definition) is 1. The first-order valence-corrected chi connectivity index (χ1v) is 22.1. The van der Waals surface area contributed by atoms with Gasteiger partial charge in [0.2, 0.25) is 24.2 Å². The second-order valence-electron chi connectivity index (χ2n) is 16.9. The summed E-state index contributed by atoms with van der Waals surface area (Å²) in [6.45, 7) is 9.56. The molecular formula is C47H52FN9O10. The van der Waals surface area contributed by atoms with E-state index >= 15 is 0 Å². The van der Waals surface area contributed by atoms with E-state index in [1.807, 2.05) is 17.0 Å². The van der Waals surface area contributed by atoms with E-state index in [0.29, 0.717) is 98.8 Å². The average Bonchev–Trinajstić information content (AvgIpc) is 3.80. The van der Waals surface area contributed by atoms with Crippen molar-refractivity contribution in [2.45, 2.75) is 59.3 Å². The lowest BCUT2D eigenvalue weighted by Crippen LogP contribution is -2.37. The van der Waals surface area contributed by atoms with Gasteiger partial charge in [-0.15, -0.1) is 0 Å². The number of hydrogen-bond acceptors (Lipinski definition) is 17. The number of ether oxygens (including phenoxy) is 4. The molecule has 0 unspecified atom stereocenters. The predicted molar refractivity (Wildman–Crippen MR) is 245 cm³/mol. The number of aromatic nitrogens is 4. The first kappa shape index (κ1) is 47.6. The summed E-state index contributed by atoms with van der Waals surface area (Å²) >= 11 is 0. The van der Waals surface area contributed by atoms with E-state index in [9.17, 15) is 34.2 Å². The number of piperidine rings is 2. The summed E-state index contributed by atoms with van der Waals surface area (Å²) in [5.41, 5.74) is 1.54. The number of benzene rings is 3. The lowest BCUT2D eigenvalue weighted by atomic mass is 9.89. The van der Waals surface area contributed by atoms with Crippen LogP contribution in [0, 0.1) is 43.8 Å². The van der Waals surface area contributed by atoms with Crippen molar-refractivity contribution in [2.24, 2.45) is 17.8 Å². The molecule has 0 radical (unpaired) electrons. The number of nitrogens with one attached hydrogen (secondary N) is 1. The van der Waals surface area contributed by atoms with E-state index in [0.717, 1.165) is 25.0 Å². The van der Waals surface area contributed by atoms with E-state index in [1.54, 1.807) is 42.2 Å². The number of ketones is 2. The maximum atomic E-state index is 13.2. The van der Waals surface area contributed by atoms with Crippen molar-refractivity contribution in [2.75, 3.05) is 61.3 Å². The van der Waals surface area contributed by atoms with Crippen LogP contribution in [-0.2, 0) is 16.0 Å². The Morgan fingerprint density at radius 1 is 0.821 bits per heavy atom. The zero-order valence-electron chi connectivity index (χ0n) is 37.5. The highest BCUT2D eigenvalue weighted by Crippen LogP contribution is 2.40. The van der Waals surface area contributed by atoms with Crippen LogP contribution in [0.3, 0.4) is 0 Å². The molecule has 352 valence electrons. The minimum absolute atomic E-state index is 0.0537. The van der Waals surface area contributed by atoms with Crippen molar-refractivity contribution in [3.05, 3.63) is 117 Å². The monoisotopic (exact) mass is 921 g/mol. The van der Waals surface area contributed by atoms with Gasteiger partial charge in [0.25, 0.3) is 0 Å². The molecule has 1 N–H and O–H groups in total. The summed E-state index contributed by atoms with van der Waals surface area (Å²) in [6, 6.07) is 17.7. The molecule has 0 amide bonds. The third-order valence-electron chi connectivity index (χ3n) is 11.5. The largest absolute Gasteiger partial charge is 0.454 e. The first-order valence-electron chi connectivity index (χ1n) is 22.1. The molecule has 2 aromatic heterocycles. The number of anilines is 4. The van der Waals surface area contributed by atoms with Crippen molar-refractivity contribution in [3.8, 4) is 23.1 Å². The number of nitro groups is 2. The summed E-state index contributed by atoms with van der Waals surface area (Å²) in [5, 5.41) is 26.9. The van der Waals surface area contributed by atoms with Crippen molar-refractivity contribution in [3.63, 3.8) is 0 Å². The molecule has 8 rings (SSSR count). The van der Waals surface area contributed by atoms with Crippen molar-refractivity contribution in [1.29, 1.82) is 0 Å². The van der Waals surface area contributed by atoms with Crippen molar-refractivity contribution < 1.29 is 42.8 Å². The van der Waals surface area contributed by atoms with Crippen LogP contribution in [0.4, 0.5) is 38.9 Å². The van der Waals surface area contributed by atoms with Crippen LogP contribution in [-0.4, -0.2) is 87.5 Å². The van der Waals surface area contributed by atoms with Gasteiger partial charge in [-0.2, -0.15) is 4.98 Å². The summed E-state index contributed by atoms with van der Waals surface area (Å²) in [4.78, 5) is 67.1. The molecule has 5 aromatic rings. The Morgan fingerprint density at radius 2 is 1.45 bits per heavy atom. The Balaban J connectivity index is 0.000000199. The molecule has 3 aliphatic rings. The fourth-order valence-corrected chi connectivity index (χ4v) is 7.93. The normalized spacial score (nSPS) is 14.9. The molecule has 20 heteroatoms. The average molecular weight is 922 g/mol. The fourth-order valence-electron chi connectivity index (χ4n) is 7.93. The molecule has 2 saturated heterocycles. The molecule has 3 aromatic carbocycles. The standard InChI is InChI=1S/C24H32N4O5.C23H20FN5O5/c1-17(2)14-32-15-20-10-12-27(13-11-20)23-22(28(30)31)24(26-16-25-23)33-21-8-6-19(7-9-21)5-4-18(3)29;24-16-3-1-14(2-4-16)21(30)15-7-9-28(10-8-15)23-20(29(31)32)22(25-12-26-23)27-17-5-6-18-19(11-17)34-13-33-18/h6-9,16-17,20H,4-5,10-15H2,1-3H3;1-6,11-12,15H,7-10,13H2,(H,25,26,27). The molecule has 5 heterocycles. The maximum Gasteiger partial charge on any atom is 0.373 e. The van der Waals surface area contributed by atoms with Crippen LogP contribution in [0.5, 0.6) is 23.1 Å². The quantitative estimate of drug-likeness (QED) is 0.0522. The van der Waals surface area contributed by atoms with Crippen molar-refractivity contribution >= 4 is 46.1 Å². The summed E-state index contributed by atoms with van der Waals surface area (Å²) in [7, 11) is 0. The summed E-state index contributed by atoms with van der Waals surface area (Å²) < 4.78 is 35.4. The maximum absolute atomic E-state index is 13.2. The number of halogens is 1. The first-order chi connectivity index (χ1) is 32.3. The van der Waals surface area contributed by atoms with Gasteiger partial charge in [-0.3, -0.25) is 25.0 Å². The van der Waals surface area contributed by atoms with Gasteiger partial charge in [0.1, 0.15) is 30.0 Å². The third-order valence-corrected chi connectivity index (χ3v) is 11.5. The van der Waals surface area contributed by atoms with Gasteiger partial charge in [-0.25, -0.2) is 19.3 Å². The van der Waals surface area contributed by atoms with Crippen molar-refractivity contribution in [1.82, 2.24) is 19.9 Å². The summed E-state index contributed by atoms with van der Waals surface area (Å²) in [5.74, 6) is 2.41. The minimum Gasteiger partial charge on any atom is -0.454 e. The number of fused-ring (bicyclic) bond motifs is 1. The molecule has 0 atom stereocenters. The van der Waals surface area contributed by atoms with Gasteiger partial charge >= 0.3 is 17.3 Å². The highest BCUT2D eigenvalue weighted by molar-refractivity contribution is 5.98. The van der Waals surface area contributed by atoms with Gasteiger partial charge in [0.05, 0.1) is 9.85 Å². The number of Topliss-reactive ketones (excluding diaryl/α,β-unsaturated/α-hetero) is 2. The highest BCUT2D eigenvalue weighted by atomic mass is 19.1. The van der Waals surface area contributed by atoms with Crippen LogP contribution in [0.15, 0.2) is 79.4 Å². The number of carbonyl (C=O) groups excluding carboxylic acids is 2. The minimum atomic E-state index is -0.513. The van der Waals surface area contributed by atoms with E-state index in [-0.39, 0.29) is 59.0 Å². The molecule has 2 fully saturated rings. The zero-order chi connectivity index (χ0) is 47.5. The third kappa shape index (κ3) is 12.5. The Bertz CT molecular complexity index is 2530. The molecule has 19 nitrogen and oxygen atoms in total. The Kier molecular flexibility index (Phi) is 15.8. The van der Waals surface area contributed by atoms with E-state index in [4.69, 9.17) is 18.9 Å². The molecular weight excluding hydrogens is 870 g/mol. The number of carbonyl (C=O) groups is 2. The van der Waals surface area contributed by atoms with Crippen LogP contribution >= 0.6 is 0 Å². The SMILES string of the molecule is CC(=O)CCc1ccc(Oc2ncnc(N3CCC(COCC(C)C)CC3)c2[N+](=O)[O-])cc1.O=C(c1ccc(F)cc1)C1CCN(c2ncnc(Nc3ccc4c(c3)OCO4)c2[N+](=O)[O-])CC1. The van der Waals surface area contributed by atoms with Gasteiger partial charge in [0, 0.05) is 69.0 Å². The van der Waals surface area contributed by atoms with Crippen LogP contribution < -0.4 is 29.3 Å². The summed E-state index contributed by atoms with van der Waals surface area (Å²) in [6.07, 6.45) is 6.47. The second kappa shape index (κ2) is 22.2. The Hall–Kier alpha value is -7.35. The van der Waals surface area contributed by atoms with Gasteiger partial charge in [-0.05, 0) is 105 Å². The zero-order valence-corrected chi connectivity index (χ0v) is 37.5. The van der Waals surface area contributed by atoms with Gasteiger partial charge in [-0.1, -0.05) is 26.0 Å². The lowest BCUT2D eigenvalue weighted by molar-refractivity contribution is -0.385. The Morgan fingerprint density at radius 3 is 2.09 bits per heavy atom. The molecule has 3 aliphatic heterocycles. The fraction of sp³-hybridized carbons (Fsp3) is 0.404. The molecule has 0 spiro atoms. The Labute approximate surface area is 386 Å².